The molecule has 0 fully saturated rings. The molecule has 0 unspecified atom stereocenters. The molecule has 0 heterocycles. The molecular formula is C5H10O2S3. The molecule has 0 radical (unpaired) electrons. The highest BCUT2D eigenvalue weighted by Gasteiger charge is 1.81. The van der Waals surface area contributed by atoms with Crippen LogP contribution in [0.1, 0.15) is 13.8 Å². The van der Waals surface area contributed by atoms with Crippen molar-refractivity contribution < 1.29 is 9.53 Å². The third-order valence-electron chi connectivity index (χ3n) is 0.348. The van der Waals surface area contributed by atoms with Crippen molar-refractivity contribution in [2.24, 2.45) is 0 Å². The van der Waals surface area contributed by atoms with Crippen molar-refractivity contribution in [3.63, 3.8) is 0 Å². The molecule has 2 nitrogen and oxygen atoms in total. The number of hydrogen-bond donors (Lipinski definition) is 2. The first-order chi connectivity index (χ1) is 4.50. The largest absolute Gasteiger partial charge is 0.466 e. The Morgan fingerprint density at radius 1 is 1.60 bits per heavy atom. The summed E-state index contributed by atoms with van der Waals surface area (Å²) in [5, 5.41) is 0. The molecule has 0 bridgehead atoms. The molecule has 0 aromatic carbocycles. The second-order valence-electron chi connectivity index (χ2n) is 1.21. The monoisotopic (exact) mass is 198 g/mol. The molecule has 0 amide bonds. The third-order valence-corrected chi connectivity index (χ3v) is 0.348. The third kappa shape index (κ3) is 41.0. The van der Waals surface area contributed by atoms with Crippen LogP contribution in [0, 0.1) is 0 Å². The van der Waals surface area contributed by atoms with Gasteiger partial charge in [-0.05, 0) is 6.92 Å². The normalized spacial score (nSPS) is 7.20. The van der Waals surface area contributed by atoms with Crippen molar-refractivity contribution in [1.29, 1.82) is 0 Å². The molecule has 0 rings (SSSR count). The minimum atomic E-state index is -0.211. The Balaban J connectivity index is 0. The zero-order valence-electron chi connectivity index (χ0n) is 5.83. The van der Waals surface area contributed by atoms with E-state index in [0.717, 1.165) is 0 Å². The van der Waals surface area contributed by atoms with Crippen LogP contribution in [0.2, 0.25) is 0 Å². The summed E-state index contributed by atoms with van der Waals surface area (Å²) in [6.45, 7) is 3.65. The maximum absolute atomic E-state index is 9.82. The Bertz CT molecular complexity index is 109. The van der Waals surface area contributed by atoms with Crippen LogP contribution < -0.4 is 0 Å². The molecule has 0 atom stereocenters. The van der Waals surface area contributed by atoms with Crippen molar-refractivity contribution in [3.8, 4) is 0 Å². The fourth-order valence-corrected chi connectivity index (χ4v) is 0.203. The van der Waals surface area contributed by atoms with Gasteiger partial charge in [-0.2, -0.15) is 0 Å². The first-order valence-electron chi connectivity index (χ1n) is 2.56. The second-order valence-corrected chi connectivity index (χ2v) is 3.47. The van der Waals surface area contributed by atoms with Gasteiger partial charge in [-0.25, -0.2) is 0 Å². The van der Waals surface area contributed by atoms with Crippen LogP contribution in [0.15, 0.2) is 0 Å². The lowest BCUT2D eigenvalue weighted by Crippen LogP contribution is -1.95. The van der Waals surface area contributed by atoms with Gasteiger partial charge in [0.25, 0.3) is 0 Å². The highest BCUT2D eigenvalue weighted by atomic mass is 32.2. The first kappa shape index (κ1) is 12.9. The van der Waals surface area contributed by atoms with Crippen LogP contribution in [0.3, 0.4) is 0 Å². The number of carbonyl (C=O) groups excluding carboxylic acids is 1. The van der Waals surface area contributed by atoms with E-state index in [0.29, 0.717) is 10.1 Å². The van der Waals surface area contributed by atoms with Crippen LogP contribution in [0.4, 0.5) is 0 Å². The fraction of sp³-hybridized carbons (Fsp3) is 0.600. The lowest BCUT2D eigenvalue weighted by atomic mass is 10.8. The number of hydrogen-bond acceptors (Lipinski definition) is 3. The van der Waals surface area contributed by atoms with E-state index >= 15 is 0 Å². The summed E-state index contributed by atoms with van der Waals surface area (Å²) < 4.78 is 4.79. The molecule has 0 aromatic heterocycles. The predicted molar refractivity (Wildman–Crippen MR) is 52.9 cm³/mol. The molecule has 5 heteroatoms. The van der Waals surface area contributed by atoms with Crippen LogP contribution >= 0.6 is 37.5 Å². The molecule has 0 N–H and O–H groups in total. The molecule has 0 aliphatic heterocycles. The van der Waals surface area contributed by atoms with E-state index < -0.39 is 0 Å². The van der Waals surface area contributed by atoms with Crippen LogP contribution in [-0.4, -0.2) is 16.1 Å². The Morgan fingerprint density at radius 3 is 1.90 bits per heavy atom. The fourth-order valence-electron chi connectivity index (χ4n) is 0.203. The number of carbonyl (C=O) groups is 1. The first-order valence-corrected chi connectivity index (χ1v) is 3.86. The summed E-state index contributed by atoms with van der Waals surface area (Å²) >= 11 is 11.4. The van der Waals surface area contributed by atoms with Crippen molar-refractivity contribution >= 4 is 47.0 Å². The number of thiocarbonyl (C=S) groups is 1. The van der Waals surface area contributed by atoms with Gasteiger partial charge < -0.3 is 4.74 Å². The molecule has 0 saturated carbocycles. The van der Waals surface area contributed by atoms with Gasteiger partial charge in [0.2, 0.25) is 0 Å². The number of rotatable bonds is 1. The van der Waals surface area contributed by atoms with E-state index in [9.17, 15) is 4.79 Å². The Kier molecular flexibility index (Phi) is 11.9. The highest BCUT2D eigenvalue weighted by Crippen LogP contribution is 1.83. The van der Waals surface area contributed by atoms with E-state index in [2.05, 4.69) is 42.2 Å². The molecule has 60 valence electrons. The predicted octanol–water partition coefficient (Wildman–Crippen LogP) is 1.70. The van der Waals surface area contributed by atoms with E-state index in [1.54, 1.807) is 6.92 Å². The lowest BCUT2D eigenvalue weighted by Gasteiger charge is -1.89. The topological polar surface area (TPSA) is 26.3 Å². The van der Waals surface area contributed by atoms with Gasteiger partial charge in [-0.1, -0.05) is 12.2 Å². The summed E-state index contributed by atoms with van der Waals surface area (Å²) in [5.74, 6) is -0.211. The Hall–Kier alpha value is 0.260. The van der Waals surface area contributed by atoms with Gasteiger partial charge in [0.1, 0.15) is 0 Å². The quantitative estimate of drug-likeness (QED) is 0.381. The highest BCUT2D eigenvalue weighted by molar-refractivity contribution is 8.34. The average Bonchev–Trinajstić information content (AvgIpc) is 1.62. The van der Waals surface area contributed by atoms with E-state index in [1.165, 1.54) is 6.92 Å². The molecule has 0 saturated heterocycles. The van der Waals surface area contributed by atoms with Crippen molar-refractivity contribution in [2.75, 3.05) is 6.61 Å². The standard InChI is InChI=1S/C4H8O2.CH2S3/c1-3-6-4(2)5;2-1(3)4/h3H2,1-2H3;(H2,2,3,4). The van der Waals surface area contributed by atoms with E-state index in [4.69, 9.17) is 0 Å². The smallest absolute Gasteiger partial charge is 0.302 e. The Labute approximate surface area is 77.1 Å². The summed E-state index contributed by atoms with van der Waals surface area (Å²) in [6, 6.07) is 0. The SMILES string of the molecule is CCOC(C)=O.S=C(S)S. The molecule has 0 aromatic rings. The van der Waals surface area contributed by atoms with Crippen molar-refractivity contribution in [3.05, 3.63) is 0 Å². The van der Waals surface area contributed by atoms with Gasteiger partial charge in [-0.3, -0.25) is 4.79 Å². The van der Waals surface area contributed by atoms with Gasteiger partial charge >= 0.3 is 5.97 Å². The molecule has 0 aliphatic carbocycles. The molecular weight excluding hydrogens is 188 g/mol. The Morgan fingerprint density at radius 2 is 1.90 bits per heavy atom. The van der Waals surface area contributed by atoms with Crippen molar-refractivity contribution in [2.45, 2.75) is 13.8 Å². The van der Waals surface area contributed by atoms with Crippen molar-refractivity contribution in [1.82, 2.24) is 0 Å². The number of ether oxygens (including phenoxy) is 1. The number of esters is 1. The van der Waals surface area contributed by atoms with Crippen LogP contribution in [0.5, 0.6) is 0 Å². The maximum Gasteiger partial charge on any atom is 0.302 e. The zero-order chi connectivity index (χ0) is 8.57. The summed E-state index contributed by atoms with van der Waals surface area (Å²) in [6.07, 6.45) is 0. The van der Waals surface area contributed by atoms with Crippen LogP contribution in [-0.2, 0) is 9.53 Å². The molecule has 0 aliphatic rings. The van der Waals surface area contributed by atoms with E-state index in [1.807, 2.05) is 0 Å². The van der Waals surface area contributed by atoms with E-state index in [-0.39, 0.29) is 5.97 Å². The van der Waals surface area contributed by atoms with Gasteiger partial charge in [0, 0.05) is 6.92 Å². The van der Waals surface area contributed by atoms with Gasteiger partial charge in [0.05, 0.1) is 10.1 Å². The zero-order valence-corrected chi connectivity index (χ0v) is 8.43. The minimum Gasteiger partial charge on any atom is -0.466 e. The second kappa shape index (κ2) is 9.26. The summed E-state index contributed by atoms with van der Waals surface area (Å²) in [4.78, 5) is 9.82. The maximum atomic E-state index is 9.82. The minimum absolute atomic E-state index is 0.211. The summed E-state index contributed by atoms with van der Waals surface area (Å²) in [5.41, 5.74) is 0. The molecule has 0 spiro atoms. The lowest BCUT2D eigenvalue weighted by molar-refractivity contribution is -0.140. The van der Waals surface area contributed by atoms with Gasteiger partial charge in [-0.15, -0.1) is 25.3 Å². The number of thiol groups is 2. The molecule has 10 heavy (non-hydrogen) atoms. The average molecular weight is 198 g/mol. The summed E-state index contributed by atoms with van der Waals surface area (Å²) in [7, 11) is 0. The van der Waals surface area contributed by atoms with Crippen LogP contribution in [0.25, 0.3) is 0 Å². The van der Waals surface area contributed by atoms with Gasteiger partial charge in [0.15, 0.2) is 0 Å².